The fourth-order valence-corrected chi connectivity index (χ4v) is 2.05. The molecule has 1 amide bonds. The Bertz CT molecular complexity index is 560. The van der Waals surface area contributed by atoms with Crippen LogP contribution in [0.4, 0.5) is 0 Å². The van der Waals surface area contributed by atoms with Gasteiger partial charge in [-0.3, -0.25) is 4.79 Å². The second-order valence-electron chi connectivity index (χ2n) is 7.45. The first-order valence-corrected chi connectivity index (χ1v) is 7.44. The highest BCUT2D eigenvalue weighted by Gasteiger charge is 2.31. The zero-order valence-corrected chi connectivity index (χ0v) is 13.8. The van der Waals surface area contributed by atoms with E-state index in [2.05, 4.69) is 15.5 Å². The van der Waals surface area contributed by atoms with Crippen LogP contribution in [0.5, 0.6) is 0 Å². The first-order valence-electron chi connectivity index (χ1n) is 7.44. The number of aromatic nitrogens is 2. The van der Waals surface area contributed by atoms with E-state index < -0.39 is 5.54 Å². The second-order valence-corrected chi connectivity index (χ2v) is 7.45. The molecule has 0 aromatic carbocycles. The van der Waals surface area contributed by atoms with Crippen LogP contribution in [0, 0.1) is 5.92 Å². The molecule has 1 fully saturated rings. The zero-order valence-electron chi connectivity index (χ0n) is 13.8. The van der Waals surface area contributed by atoms with Gasteiger partial charge >= 0.3 is 0 Å². The van der Waals surface area contributed by atoms with Gasteiger partial charge in [-0.1, -0.05) is 31.5 Å². The molecule has 0 atom stereocenters. The Kier molecular flexibility index (Phi) is 3.95. The predicted octanol–water partition coefficient (Wildman–Crippen LogP) is 3.07. The van der Waals surface area contributed by atoms with E-state index in [-0.39, 0.29) is 11.3 Å². The fourth-order valence-electron chi connectivity index (χ4n) is 2.05. The summed E-state index contributed by atoms with van der Waals surface area (Å²) in [4.78, 5) is 16.5. The molecule has 1 aromatic heterocycles. The van der Waals surface area contributed by atoms with Crippen molar-refractivity contribution in [1.29, 1.82) is 0 Å². The maximum Gasteiger partial charge on any atom is 0.244 e. The lowest BCUT2D eigenvalue weighted by molar-refractivity contribution is -0.118. The Labute approximate surface area is 126 Å². The lowest BCUT2D eigenvalue weighted by Gasteiger charge is -2.21. The number of amides is 1. The fraction of sp³-hybridized carbons (Fsp3) is 0.688. The van der Waals surface area contributed by atoms with Crippen LogP contribution in [0.1, 0.15) is 66.1 Å². The molecule has 5 nitrogen and oxygen atoms in total. The van der Waals surface area contributed by atoms with Gasteiger partial charge in [0.25, 0.3) is 0 Å². The minimum Gasteiger partial charge on any atom is -0.340 e. The highest BCUT2D eigenvalue weighted by Crippen LogP contribution is 2.35. The quantitative estimate of drug-likeness (QED) is 0.866. The largest absolute Gasteiger partial charge is 0.340 e. The normalized spacial score (nSPS) is 17.0. The molecule has 1 aliphatic rings. The number of hydrogen-bond donors (Lipinski definition) is 1. The van der Waals surface area contributed by atoms with Gasteiger partial charge in [0, 0.05) is 11.5 Å². The maximum absolute atomic E-state index is 12.1. The smallest absolute Gasteiger partial charge is 0.244 e. The maximum atomic E-state index is 12.1. The van der Waals surface area contributed by atoms with Crippen LogP contribution in [0.15, 0.2) is 16.2 Å². The number of carbonyl (C=O) groups excluding carboxylic acids is 1. The average molecular weight is 291 g/mol. The third-order valence-corrected chi connectivity index (χ3v) is 3.64. The average Bonchev–Trinajstić information content (AvgIpc) is 3.02. The lowest BCUT2D eigenvalue weighted by Crippen LogP contribution is -2.41. The first kappa shape index (κ1) is 15.7. The number of allylic oxidation sites excluding steroid dienone is 1. The van der Waals surface area contributed by atoms with Gasteiger partial charge in [-0.05, 0) is 39.5 Å². The van der Waals surface area contributed by atoms with Crippen molar-refractivity contribution in [3.63, 3.8) is 0 Å². The summed E-state index contributed by atoms with van der Waals surface area (Å²) in [5.74, 6) is 1.56. The molecule has 0 saturated heterocycles. The van der Waals surface area contributed by atoms with Crippen LogP contribution in [-0.4, -0.2) is 16.0 Å². The Morgan fingerprint density at radius 2 is 1.90 bits per heavy atom. The van der Waals surface area contributed by atoms with Crippen LogP contribution >= 0.6 is 0 Å². The molecule has 2 rings (SSSR count). The van der Waals surface area contributed by atoms with E-state index in [4.69, 9.17) is 4.52 Å². The number of carbonyl (C=O) groups is 1. The van der Waals surface area contributed by atoms with Crippen molar-refractivity contribution in [3.05, 3.63) is 23.4 Å². The second kappa shape index (κ2) is 5.28. The van der Waals surface area contributed by atoms with Gasteiger partial charge < -0.3 is 9.84 Å². The molecular weight excluding hydrogens is 266 g/mol. The minimum atomic E-state index is -0.662. The van der Waals surface area contributed by atoms with E-state index >= 15 is 0 Å². The molecule has 1 N–H and O–H groups in total. The van der Waals surface area contributed by atoms with Crippen molar-refractivity contribution in [2.45, 2.75) is 65.3 Å². The Morgan fingerprint density at radius 3 is 2.38 bits per heavy atom. The molecule has 1 saturated carbocycles. The van der Waals surface area contributed by atoms with E-state index in [0.717, 1.165) is 5.57 Å². The molecule has 0 radical (unpaired) electrons. The standard InChI is InChI=1S/C16H25N3O2/c1-10(11-7-8-11)9-12(20)18-16(5,6)13-17-14(21-19-13)15(2,3)4/h9,11H,7-8H2,1-6H3,(H,18,20)/b10-9+. The van der Waals surface area contributed by atoms with E-state index in [0.29, 0.717) is 17.6 Å². The van der Waals surface area contributed by atoms with Crippen molar-refractivity contribution in [3.8, 4) is 0 Å². The highest BCUT2D eigenvalue weighted by molar-refractivity contribution is 5.88. The topological polar surface area (TPSA) is 68.0 Å². The van der Waals surface area contributed by atoms with Crippen LogP contribution in [0.3, 0.4) is 0 Å². The summed E-state index contributed by atoms with van der Waals surface area (Å²) in [5.41, 5.74) is 0.282. The summed E-state index contributed by atoms with van der Waals surface area (Å²) in [6.45, 7) is 11.8. The number of rotatable bonds is 4. The van der Waals surface area contributed by atoms with Crippen LogP contribution in [0.2, 0.25) is 0 Å². The molecule has 0 aliphatic heterocycles. The minimum absolute atomic E-state index is 0.105. The van der Waals surface area contributed by atoms with Crippen molar-refractivity contribution in [2.75, 3.05) is 0 Å². The van der Waals surface area contributed by atoms with E-state index in [1.54, 1.807) is 6.08 Å². The predicted molar refractivity (Wildman–Crippen MR) is 80.6 cm³/mol. The van der Waals surface area contributed by atoms with Gasteiger partial charge in [0.1, 0.15) is 0 Å². The van der Waals surface area contributed by atoms with Gasteiger partial charge in [0.2, 0.25) is 11.8 Å². The van der Waals surface area contributed by atoms with E-state index in [9.17, 15) is 4.79 Å². The molecule has 1 heterocycles. The third kappa shape index (κ3) is 3.93. The van der Waals surface area contributed by atoms with Crippen LogP contribution < -0.4 is 5.32 Å². The van der Waals surface area contributed by atoms with E-state index in [1.807, 2.05) is 41.5 Å². The van der Waals surface area contributed by atoms with Crippen molar-refractivity contribution < 1.29 is 9.32 Å². The van der Waals surface area contributed by atoms with Gasteiger partial charge in [-0.15, -0.1) is 0 Å². The Hall–Kier alpha value is -1.65. The zero-order chi connectivity index (χ0) is 15.8. The Balaban J connectivity index is 2.08. The summed E-state index contributed by atoms with van der Waals surface area (Å²) in [7, 11) is 0. The van der Waals surface area contributed by atoms with E-state index in [1.165, 1.54) is 12.8 Å². The molecule has 1 aromatic rings. The molecule has 1 aliphatic carbocycles. The third-order valence-electron chi connectivity index (χ3n) is 3.64. The molecule has 0 unspecified atom stereocenters. The number of hydrogen-bond acceptors (Lipinski definition) is 4. The molecule has 21 heavy (non-hydrogen) atoms. The molecular formula is C16H25N3O2. The Morgan fingerprint density at radius 1 is 1.29 bits per heavy atom. The summed E-state index contributed by atoms with van der Waals surface area (Å²) in [6.07, 6.45) is 4.07. The van der Waals surface area contributed by atoms with Crippen molar-refractivity contribution in [1.82, 2.24) is 15.5 Å². The lowest BCUT2D eigenvalue weighted by atomic mass is 9.97. The summed E-state index contributed by atoms with van der Waals surface area (Å²) >= 11 is 0. The molecule has 116 valence electrons. The van der Waals surface area contributed by atoms with Gasteiger partial charge in [0.05, 0.1) is 5.54 Å². The van der Waals surface area contributed by atoms with Crippen molar-refractivity contribution >= 4 is 5.91 Å². The summed E-state index contributed by atoms with van der Waals surface area (Å²) in [5, 5.41) is 6.96. The summed E-state index contributed by atoms with van der Waals surface area (Å²) < 4.78 is 5.30. The molecule has 0 spiro atoms. The van der Waals surface area contributed by atoms with Gasteiger partial charge in [-0.25, -0.2) is 0 Å². The summed E-state index contributed by atoms with van der Waals surface area (Å²) in [6, 6.07) is 0. The van der Waals surface area contributed by atoms with Gasteiger partial charge in [-0.2, -0.15) is 4.98 Å². The number of nitrogens with zero attached hydrogens (tertiary/aromatic N) is 2. The molecule has 5 heteroatoms. The number of nitrogens with one attached hydrogen (secondary N) is 1. The molecule has 0 bridgehead atoms. The highest BCUT2D eigenvalue weighted by atomic mass is 16.5. The van der Waals surface area contributed by atoms with Gasteiger partial charge in [0.15, 0.2) is 5.82 Å². The van der Waals surface area contributed by atoms with Crippen molar-refractivity contribution in [2.24, 2.45) is 5.92 Å². The van der Waals surface area contributed by atoms with Crippen LogP contribution in [-0.2, 0) is 15.7 Å². The monoisotopic (exact) mass is 291 g/mol. The van der Waals surface area contributed by atoms with Crippen LogP contribution in [0.25, 0.3) is 0 Å². The SMILES string of the molecule is C/C(=C\C(=O)NC(C)(C)c1noc(C(C)(C)C)n1)C1CC1. The first-order chi connectivity index (χ1) is 9.59.